The monoisotopic (exact) mass is 332 g/mol. The van der Waals surface area contributed by atoms with Crippen LogP contribution in [0, 0.1) is 18.6 Å². The number of nitrogens with one attached hydrogen (secondary N) is 2. The Kier molecular flexibility index (Phi) is 5.63. The maximum Gasteiger partial charge on any atom is 0.251 e. The second-order valence-electron chi connectivity index (χ2n) is 5.39. The summed E-state index contributed by atoms with van der Waals surface area (Å²) in [7, 11) is 0. The smallest absolute Gasteiger partial charge is 0.251 e. The zero-order valence-corrected chi connectivity index (χ0v) is 13.5. The molecule has 0 aromatic heterocycles. The van der Waals surface area contributed by atoms with Gasteiger partial charge in [0.1, 0.15) is 11.6 Å². The largest absolute Gasteiger partial charge is 0.355 e. The summed E-state index contributed by atoms with van der Waals surface area (Å²) in [4.78, 5) is 22.7. The van der Waals surface area contributed by atoms with E-state index in [4.69, 9.17) is 0 Å². The van der Waals surface area contributed by atoms with E-state index in [9.17, 15) is 18.4 Å². The lowest BCUT2D eigenvalue weighted by Gasteiger charge is -2.10. The molecule has 2 aromatic carbocycles. The minimum absolute atomic E-state index is 0.179. The molecular weight excluding hydrogens is 314 g/mol. The Balaban J connectivity index is 2.11. The molecule has 2 rings (SSSR count). The van der Waals surface area contributed by atoms with Crippen LogP contribution in [0.5, 0.6) is 0 Å². The highest BCUT2D eigenvalue weighted by molar-refractivity contribution is 5.94. The number of amides is 2. The Hall–Kier alpha value is -2.76. The highest BCUT2D eigenvalue weighted by Gasteiger charge is 2.12. The van der Waals surface area contributed by atoms with E-state index in [0.29, 0.717) is 23.2 Å². The van der Waals surface area contributed by atoms with Crippen molar-refractivity contribution in [1.82, 2.24) is 10.6 Å². The molecule has 6 heteroatoms. The lowest BCUT2D eigenvalue weighted by atomic mass is 9.98. The standard InChI is InChI=1S/C18H18F2N2O2/c1-11-9-14(19)4-6-15(11)16-5-3-13(10-17(16)20)18(24)22-8-7-21-12(2)23/h3-6,9-10H,7-8H2,1-2H3,(H,21,23)(H,22,24). The average Bonchev–Trinajstić information content (AvgIpc) is 2.52. The predicted molar refractivity (Wildman–Crippen MR) is 87.5 cm³/mol. The molecule has 0 spiro atoms. The maximum atomic E-state index is 14.3. The Labute approximate surface area is 138 Å². The molecule has 126 valence electrons. The van der Waals surface area contributed by atoms with Crippen molar-refractivity contribution >= 4 is 11.8 Å². The predicted octanol–water partition coefficient (Wildman–Crippen LogP) is 2.81. The Bertz CT molecular complexity index is 776. The van der Waals surface area contributed by atoms with Gasteiger partial charge < -0.3 is 10.6 Å². The van der Waals surface area contributed by atoms with Gasteiger partial charge in [-0.25, -0.2) is 8.78 Å². The van der Waals surface area contributed by atoms with Gasteiger partial charge in [0.15, 0.2) is 0 Å². The molecule has 0 saturated heterocycles. The molecule has 24 heavy (non-hydrogen) atoms. The summed E-state index contributed by atoms with van der Waals surface area (Å²) in [5.74, 6) is -1.55. The molecule has 4 nitrogen and oxygen atoms in total. The number of hydrogen-bond acceptors (Lipinski definition) is 2. The van der Waals surface area contributed by atoms with E-state index in [2.05, 4.69) is 10.6 Å². The Morgan fingerprint density at radius 2 is 1.62 bits per heavy atom. The van der Waals surface area contributed by atoms with Crippen LogP contribution in [0.4, 0.5) is 8.78 Å². The first-order valence-corrected chi connectivity index (χ1v) is 7.47. The molecule has 2 amide bonds. The van der Waals surface area contributed by atoms with Crippen molar-refractivity contribution in [3.8, 4) is 11.1 Å². The molecule has 0 radical (unpaired) electrons. The van der Waals surface area contributed by atoms with E-state index >= 15 is 0 Å². The fourth-order valence-electron chi connectivity index (χ4n) is 2.32. The molecule has 0 aliphatic carbocycles. The summed E-state index contributed by atoms with van der Waals surface area (Å²) < 4.78 is 27.5. The molecule has 0 atom stereocenters. The molecule has 0 unspecified atom stereocenters. The summed E-state index contributed by atoms with van der Waals surface area (Å²) in [6.07, 6.45) is 0. The van der Waals surface area contributed by atoms with Gasteiger partial charge in [-0.2, -0.15) is 0 Å². The van der Waals surface area contributed by atoms with Crippen LogP contribution in [0.1, 0.15) is 22.8 Å². The van der Waals surface area contributed by atoms with Gasteiger partial charge in [-0.15, -0.1) is 0 Å². The fraction of sp³-hybridized carbons (Fsp3) is 0.222. The summed E-state index contributed by atoms with van der Waals surface area (Å²) >= 11 is 0. The van der Waals surface area contributed by atoms with Crippen LogP contribution in [-0.2, 0) is 4.79 Å². The SMILES string of the molecule is CC(=O)NCCNC(=O)c1ccc(-c2ccc(F)cc2C)c(F)c1. The van der Waals surface area contributed by atoms with Crippen molar-refractivity contribution in [2.75, 3.05) is 13.1 Å². The van der Waals surface area contributed by atoms with Crippen LogP contribution in [-0.4, -0.2) is 24.9 Å². The van der Waals surface area contributed by atoms with E-state index in [1.54, 1.807) is 6.92 Å². The molecule has 0 saturated carbocycles. The summed E-state index contributed by atoms with van der Waals surface area (Å²) in [5.41, 5.74) is 1.68. The van der Waals surface area contributed by atoms with Crippen molar-refractivity contribution in [3.05, 3.63) is 59.2 Å². The van der Waals surface area contributed by atoms with E-state index < -0.39 is 11.7 Å². The first-order valence-electron chi connectivity index (χ1n) is 7.47. The van der Waals surface area contributed by atoms with Crippen molar-refractivity contribution in [2.24, 2.45) is 0 Å². The van der Waals surface area contributed by atoms with E-state index in [1.165, 1.54) is 37.3 Å². The molecule has 2 N–H and O–H groups in total. The summed E-state index contributed by atoms with van der Waals surface area (Å²) in [5, 5.41) is 5.14. The van der Waals surface area contributed by atoms with Gasteiger partial charge in [0.25, 0.3) is 5.91 Å². The third kappa shape index (κ3) is 4.38. The number of carbonyl (C=O) groups excluding carboxylic acids is 2. The minimum atomic E-state index is -0.556. The van der Waals surface area contributed by atoms with Crippen molar-refractivity contribution in [2.45, 2.75) is 13.8 Å². The number of hydrogen-bond donors (Lipinski definition) is 2. The number of aryl methyl sites for hydroxylation is 1. The highest BCUT2D eigenvalue weighted by Crippen LogP contribution is 2.27. The lowest BCUT2D eigenvalue weighted by molar-refractivity contribution is -0.118. The zero-order valence-electron chi connectivity index (χ0n) is 13.5. The topological polar surface area (TPSA) is 58.2 Å². The third-order valence-corrected chi connectivity index (χ3v) is 3.49. The maximum absolute atomic E-state index is 14.3. The number of benzene rings is 2. The number of rotatable bonds is 5. The van der Waals surface area contributed by atoms with Gasteiger partial charge in [-0.05, 0) is 42.3 Å². The number of halogens is 2. The van der Waals surface area contributed by atoms with Gasteiger partial charge in [0.05, 0.1) is 0 Å². The van der Waals surface area contributed by atoms with Crippen LogP contribution in [0.3, 0.4) is 0 Å². The third-order valence-electron chi connectivity index (χ3n) is 3.49. The molecule has 0 aliphatic rings. The molecule has 0 fully saturated rings. The van der Waals surface area contributed by atoms with E-state index in [-0.39, 0.29) is 23.8 Å². The average molecular weight is 332 g/mol. The molecular formula is C18H18F2N2O2. The van der Waals surface area contributed by atoms with Crippen LogP contribution >= 0.6 is 0 Å². The molecule has 0 heterocycles. The molecule has 0 bridgehead atoms. The highest BCUT2D eigenvalue weighted by atomic mass is 19.1. The van der Waals surface area contributed by atoms with Crippen LogP contribution in [0.15, 0.2) is 36.4 Å². The fourth-order valence-corrected chi connectivity index (χ4v) is 2.32. The normalized spacial score (nSPS) is 10.3. The quantitative estimate of drug-likeness (QED) is 0.827. The number of carbonyl (C=O) groups is 2. The minimum Gasteiger partial charge on any atom is -0.355 e. The van der Waals surface area contributed by atoms with Crippen LogP contribution in [0.25, 0.3) is 11.1 Å². The second-order valence-corrected chi connectivity index (χ2v) is 5.39. The van der Waals surface area contributed by atoms with Gasteiger partial charge in [-0.3, -0.25) is 9.59 Å². The zero-order chi connectivity index (χ0) is 17.7. The van der Waals surface area contributed by atoms with Crippen LogP contribution in [0.2, 0.25) is 0 Å². The van der Waals surface area contributed by atoms with Gasteiger partial charge in [0.2, 0.25) is 5.91 Å². The summed E-state index contributed by atoms with van der Waals surface area (Å²) in [6, 6.07) is 8.26. The molecule has 0 aliphatic heterocycles. The van der Waals surface area contributed by atoms with Crippen molar-refractivity contribution in [1.29, 1.82) is 0 Å². The summed E-state index contributed by atoms with van der Waals surface area (Å²) in [6.45, 7) is 3.63. The molecule has 2 aromatic rings. The van der Waals surface area contributed by atoms with Gasteiger partial charge in [0, 0.05) is 31.1 Å². The van der Waals surface area contributed by atoms with Gasteiger partial charge >= 0.3 is 0 Å². The Morgan fingerprint density at radius 3 is 2.25 bits per heavy atom. The van der Waals surface area contributed by atoms with Crippen molar-refractivity contribution in [3.63, 3.8) is 0 Å². The first kappa shape index (κ1) is 17.6. The Morgan fingerprint density at radius 1 is 0.958 bits per heavy atom. The second kappa shape index (κ2) is 7.68. The van der Waals surface area contributed by atoms with E-state index in [0.717, 1.165) is 6.07 Å². The lowest BCUT2D eigenvalue weighted by Crippen LogP contribution is -2.33. The van der Waals surface area contributed by atoms with Gasteiger partial charge in [-0.1, -0.05) is 12.1 Å². The van der Waals surface area contributed by atoms with Crippen LogP contribution < -0.4 is 10.6 Å². The van der Waals surface area contributed by atoms with Crippen molar-refractivity contribution < 1.29 is 18.4 Å². The first-order chi connectivity index (χ1) is 11.4. The van der Waals surface area contributed by atoms with E-state index in [1.807, 2.05) is 0 Å².